The lowest BCUT2D eigenvalue weighted by atomic mass is 10.1. The van der Waals surface area contributed by atoms with Crippen molar-refractivity contribution >= 4 is 17.3 Å². The molecular weight excluding hydrogens is 256 g/mol. The van der Waals surface area contributed by atoms with Crippen molar-refractivity contribution in [3.05, 3.63) is 21.9 Å². The first-order valence-corrected chi connectivity index (χ1v) is 7.84. The van der Waals surface area contributed by atoms with Crippen molar-refractivity contribution < 1.29 is 0 Å². The van der Waals surface area contributed by atoms with E-state index in [-0.39, 0.29) is 0 Å². The Morgan fingerprint density at radius 2 is 2.42 bits per heavy atom. The number of aliphatic imine (C=N–C) groups is 1. The molecule has 0 fully saturated rings. The monoisotopic (exact) mass is 280 g/mol. The van der Waals surface area contributed by atoms with E-state index in [2.05, 4.69) is 40.5 Å². The first-order chi connectivity index (χ1) is 9.15. The van der Waals surface area contributed by atoms with Gasteiger partial charge in [0.1, 0.15) is 0 Å². The van der Waals surface area contributed by atoms with Crippen molar-refractivity contribution in [1.29, 1.82) is 0 Å². The van der Waals surface area contributed by atoms with Crippen molar-refractivity contribution in [2.75, 3.05) is 26.2 Å². The molecule has 1 aromatic rings. The molecule has 0 aromatic carbocycles. The van der Waals surface area contributed by atoms with Gasteiger partial charge >= 0.3 is 0 Å². The van der Waals surface area contributed by atoms with Gasteiger partial charge in [0.25, 0.3) is 0 Å². The van der Waals surface area contributed by atoms with Crippen LogP contribution in [-0.4, -0.2) is 37.0 Å². The highest BCUT2D eigenvalue weighted by molar-refractivity contribution is 7.10. The van der Waals surface area contributed by atoms with Crippen molar-refractivity contribution in [3.63, 3.8) is 0 Å². The van der Waals surface area contributed by atoms with Gasteiger partial charge in [-0.15, -0.1) is 11.3 Å². The summed E-state index contributed by atoms with van der Waals surface area (Å²) in [6.45, 7) is 9.19. The van der Waals surface area contributed by atoms with Crippen LogP contribution in [0.15, 0.2) is 16.4 Å². The normalized spacial score (nSPS) is 16.7. The Hall–Kier alpha value is -1.07. The molecule has 0 saturated carbocycles. The number of thiophene rings is 1. The maximum atomic E-state index is 5.82. The van der Waals surface area contributed by atoms with Crippen LogP contribution in [0.25, 0.3) is 0 Å². The quantitative estimate of drug-likeness (QED) is 0.637. The molecular formula is C14H24N4S. The van der Waals surface area contributed by atoms with E-state index in [1.807, 2.05) is 11.3 Å². The number of nitrogens with two attached hydrogens (primary N) is 1. The van der Waals surface area contributed by atoms with Gasteiger partial charge in [0.15, 0.2) is 5.96 Å². The van der Waals surface area contributed by atoms with E-state index in [1.54, 1.807) is 4.88 Å². The van der Waals surface area contributed by atoms with E-state index in [0.29, 0.717) is 11.9 Å². The third-order valence-corrected chi connectivity index (χ3v) is 4.27. The molecule has 1 aromatic heterocycles. The number of hydrogen-bond donors (Lipinski definition) is 2. The first-order valence-electron chi connectivity index (χ1n) is 6.96. The second kappa shape index (κ2) is 6.91. The molecule has 0 aliphatic carbocycles. The van der Waals surface area contributed by atoms with Gasteiger partial charge in [-0.2, -0.15) is 0 Å². The van der Waals surface area contributed by atoms with E-state index in [0.717, 1.165) is 32.7 Å². The van der Waals surface area contributed by atoms with E-state index >= 15 is 0 Å². The molecule has 1 aliphatic rings. The fourth-order valence-corrected chi connectivity index (χ4v) is 3.07. The molecule has 4 nitrogen and oxygen atoms in total. The smallest absolute Gasteiger partial charge is 0.188 e. The van der Waals surface area contributed by atoms with Crippen molar-refractivity contribution in [2.24, 2.45) is 16.6 Å². The van der Waals surface area contributed by atoms with Crippen molar-refractivity contribution in [3.8, 4) is 0 Å². The number of hydrogen-bond acceptors (Lipinski definition) is 3. The zero-order chi connectivity index (χ0) is 13.7. The molecule has 106 valence electrons. The molecule has 19 heavy (non-hydrogen) atoms. The largest absolute Gasteiger partial charge is 0.370 e. The van der Waals surface area contributed by atoms with E-state index in [9.17, 15) is 0 Å². The predicted octanol–water partition coefficient (Wildman–Crippen LogP) is 1.67. The highest BCUT2D eigenvalue weighted by atomic mass is 32.1. The van der Waals surface area contributed by atoms with Crippen LogP contribution in [0.2, 0.25) is 0 Å². The van der Waals surface area contributed by atoms with Crippen LogP contribution in [0, 0.1) is 5.92 Å². The Morgan fingerprint density at radius 3 is 3.21 bits per heavy atom. The molecule has 2 rings (SSSR count). The van der Waals surface area contributed by atoms with E-state index in [1.165, 1.54) is 12.0 Å². The zero-order valence-corrected chi connectivity index (χ0v) is 12.7. The molecule has 3 N–H and O–H groups in total. The molecule has 0 radical (unpaired) electrons. The van der Waals surface area contributed by atoms with Gasteiger partial charge in [-0.05, 0) is 29.3 Å². The zero-order valence-electron chi connectivity index (χ0n) is 11.9. The van der Waals surface area contributed by atoms with Gasteiger partial charge in [-0.25, -0.2) is 0 Å². The van der Waals surface area contributed by atoms with Crippen LogP contribution < -0.4 is 11.1 Å². The molecule has 0 atom stereocenters. The summed E-state index contributed by atoms with van der Waals surface area (Å²) in [7, 11) is 0. The molecule has 0 unspecified atom stereocenters. The molecule has 5 heteroatoms. The van der Waals surface area contributed by atoms with E-state index in [4.69, 9.17) is 5.73 Å². The summed E-state index contributed by atoms with van der Waals surface area (Å²) in [6, 6.07) is 2.25. The van der Waals surface area contributed by atoms with Gasteiger partial charge < -0.3 is 11.1 Å². The third-order valence-electron chi connectivity index (χ3n) is 3.25. The minimum absolute atomic E-state index is 0.555. The lowest BCUT2D eigenvalue weighted by Gasteiger charge is -2.26. The summed E-state index contributed by atoms with van der Waals surface area (Å²) < 4.78 is 0. The molecule has 0 saturated heterocycles. The summed E-state index contributed by atoms with van der Waals surface area (Å²) >= 11 is 1.88. The average molecular weight is 280 g/mol. The van der Waals surface area contributed by atoms with Gasteiger partial charge in [0.2, 0.25) is 0 Å². The summed E-state index contributed by atoms with van der Waals surface area (Å²) in [4.78, 5) is 8.33. The SMILES string of the molecule is CC(C)CN=C(N)NCCN1CCc2sccc2C1. The Morgan fingerprint density at radius 1 is 1.58 bits per heavy atom. The Labute approximate surface area is 119 Å². The fraction of sp³-hybridized carbons (Fsp3) is 0.643. The van der Waals surface area contributed by atoms with Gasteiger partial charge in [0, 0.05) is 37.6 Å². The summed E-state index contributed by atoms with van der Waals surface area (Å²) in [6.07, 6.45) is 1.18. The van der Waals surface area contributed by atoms with Crippen LogP contribution in [0.3, 0.4) is 0 Å². The summed E-state index contributed by atoms with van der Waals surface area (Å²) in [5.41, 5.74) is 7.32. The van der Waals surface area contributed by atoms with Crippen LogP contribution in [0.1, 0.15) is 24.3 Å². The van der Waals surface area contributed by atoms with Gasteiger partial charge in [-0.1, -0.05) is 13.8 Å². The van der Waals surface area contributed by atoms with Gasteiger partial charge in [0.05, 0.1) is 0 Å². The highest BCUT2D eigenvalue weighted by Gasteiger charge is 2.16. The maximum absolute atomic E-state index is 5.82. The lowest BCUT2D eigenvalue weighted by molar-refractivity contribution is 0.260. The fourth-order valence-electron chi connectivity index (χ4n) is 2.18. The average Bonchev–Trinajstić information content (AvgIpc) is 2.83. The highest BCUT2D eigenvalue weighted by Crippen LogP contribution is 2.23. The minimum Gasteiger partial charge on any atom is -0.370 e. The Bertz CT molecular complexity index is 425. The predicted molar refractivity (Wildman–Crippen MR) is 82.6 cm³/mol. The minimum atomic E-state index is 0.555. The molecule has 2 heterocycles. The second-order valence-electron chi connectivity index (χ2n) is 5.44. The number of guanidine groups is 1. The third kappa shape index (κ3) is 4.51. The number of nitrogens with one attached hydrogen (secondary N) is 1. The van der Waals surface area contributed by atoms with Crippen LogP contribution in [0.5, 0.6) is 0 Å². The molecule has 0 bridgehead atoms. The standard InChI is InChI=1S/C14H24N4S/c1-11(2)9-17-14(15)16-5-7-18-6-3-13-12(10-18)4-8-19-13/h4,8,11H,3,5-7,9-10H2,1-2H3,(H3,15,16,17). The summed E-state index contributed by atoms with van der Waals surface area (Å²) in [5.74, 6) is 1.13. The topological polar surface area (TPSA) is 53.6 Å². The second-order valence-corrected chi connectivity index (χ2v) is 6.44. The number of rotatable bonds is 5. The van der Waals surface area contributed by atoms with E-state index < -0.39 is 0 Å². The number of nitrogens with zero attached hydrogens (tertiary/aromatic N) is 2. The molecule has 0 spiro atoms. The van der Waals surface area contributed by atoms with Crippen LogP contribution in [-0.2, 0) is 13.0 Å². The van der Waals surface area contributed by atoms with Gasteiger partial charge in [-0.3, -0.25) is 9.89 Å². The molecule has 1 aliphatic heterocycles. The van der Waals surface area contributed by atoms with Crippen LogP contribution >= 0.6 is 11.3 Å². The Balaban J connectivity index is 1.68. The van der Waals surface area contributed by atoms with Crippen molar-refractivity contribution in [1.82, 2.24) is 10.2 Å². The molecule has 0 amide bonds. The first kappa shape index (κ1) is 14.3. The summed E-state index contributed by atoms with van der Waals surface area (Å²) in [5, 5.41) is 5.39. The lowest BCUT2D eigenvalue weighted by Crippen LogP contribution is -2.40. The number of fused-ring (bicyclic) bond motifs is 1. The van der Waals surface area contributed by atoms with Crippen LogP contribution in [0.4, 0.5) is 0 Å². The maximum Gasteiger partial charge on any atom is 0.188 e. The van der Waals surface area contributed by atoms with Crippen molar-refractivity contribution in [2.45, 2.75) is 26.8 Å². The Kier molecular flexibility index (Phi) is 5.22.